The van der Waals surface area contributed by atoms with Gasteiger partial charge in [0.25, 0.3) is 0 Å². The van der Waals surface area contributed by atoms with E-state index in [4.69, 9.17) is 6.42 Å². The first-order valence-corrected chi connectivity index (χ1v) is 9.89. The maximum absolute atomic E-state index is 14.7. The summed E-state index contributed by atoms with van der Waals surface area (Å²) in [6.07, 6.45) is 8.17. The van der Waals surface area contributed by atoms with E-state index in [-0.39, 0.29) is 17.3 Å². The van der Waals surface area contributed by atoms with Crippen molar-refractivity contribution in [2.45, 2.75) is 82.8 Å². The van der Waals surface area contributed by atoms with Crippen LogP contribution in [-0.4, -0.2) is 39.3 Å². The van der Waals surface area contributed by atoms with Crippen LogP contribution in [0.1, 0.15) is 58.8 Å². The van der Waals surface area contributed by atoms with E-state index in [1.165, 1.54) is 0 Å². The fourth-order valence-electron chi connectivity index (χ4n) is 7.55. The van der Waals surface area contributed by atoms with Gasteiger partial charge in [-0.15, -0.1) is 6.42 Å². The quantitative estimate of drug-likeness (QED) is 0.589. The summed E-state index contributed by atoms with van der Waals surface area (Å²) in [5, 5.41) is 31.5. The van der Waals surface area contributed by atoms with Gasteiger partial charge in [0, 0.05) is 5.41 Å². The molecule has 0 aromatic heterocycles. The van der Waals surface area contributed by atoms with Crippen LogP contribution >= 0.6 is 0 Å². The molecule has 4 aliphatic carbocycles. The molecule has 4 rings (SSSR count). The van der Waals surface area contributed by atoms with Crippen molar-refractivity contribution < 1.29 is 19.7 Å². The normalized spacial score (nSPS) is 60.9. The number of terminal acetylenes is 1. The van der Waals surface area contributed by atoms with Crippen molar-refractivity contribution in [1.29, 1.82) is 0 Å². The summed E-state index contributed by atoms with van der Waals surface area (Å²) in [5.41, 5.74) is -2.01. The molecule has 0 aromatic carbocycles. The zero-order chi connectivity index (χ0) is 18.2. The molecule has 0 radical (unpaired) electrons. The molecule has 1 unspecified atom stereocenters. The van der Waals surface area contributed by atoms with Crippen molar-refractivity contribution in [3.63, 3.8) is 0 Å². The summed E-state index contributed by atoms with van der Waals surface area (Å²) < 4.78 is 14.7. The van der Waals surface area contributed by atoms with Crippen LogP contribution in [0.25, 0.3) is 0 Å². The van der Waals surface area contributed by atoms with Crippen molar-refractivity contribution in [3.8, 4) is 12.3 Å². The second-order valence-corrected chi connectivity index (χ2v) is 9.74. The van der Waals surface area contributed by atoms with E-state index in [1.54, 1.807) is 0 Å². The average Bonchev–Trinajstić information content (AvgIpc) is 2.79. The summed E-state index contributed by atoms with van der Waals surface area (Å²) in [4.78, 5) is 0. The van der Waals surface area contributed by atoms with Gasteiger partial charge in [-0.3, -0.25) is 0 Å². The molecule has 3 nitrogen and oxygen atoms in total. The minimum absolute atomic E-state index is 0.0697. The van der Waals surface area contributed by atoms with Crippen LogP contribution in [0.5, 0.6) is 0 Å². The van der Waals surface area contributed by atoms with Gasteiger partial charge in [0.15, 0.2) is 5.60 Å². The molecule has 0 amide bonds. The maximum Gasteiger partial charge on any atom is 0.156 e. The van der Waals surface area contributed by atoms with Gasteiger partial charge in [0.2, 0.25) is 0 Å². The van der Waals surface area contributed by atoms with Gasteiger partial charge in [-0.1, -0.05) is 19.8 Å². The lowest BCUT2D eigenvalue weighted by atomic mass is 9.44. The van der Waals surface area contributed by atoms with Gasteiger partial charge < -0.3 is 15.3 Å². The number of hydrogen-bond donors (Lipinski definition) is 3. The number of alkyl halides is 1. The molecule has 0 bridgehead atoms. The van der Waals surface area contributed by atoms with Crippen molar-refractivity contribution in [3.05, 3.63) is 0 Å². The zero-order valence-electron chi connectivity index (χ0n) is 15.3. The van der Waals surface area contributed by atoms with E-state index >= 15 is 0 Å². The fourth-order valence-corrected chi connectivity index (χ4v) is 7.55. The third-order valence-corrected chi connectivity index (χ3v) is 9.11. The summed E-state index contributed by atoms with van der Waals surface area (Å²) in [5.74, 6) is 3.40. The molecule has 4 saturated carbocycles. The Balaban J connectivity index is 1.68. The molecule has 140 valence electrons. The molecular weight excluding hydrogens is 319 g/mol. The number of fused-ring (bicyclic) bond motifs is 5. The maximum atomic E-state index is 14.7. The largest absolute Gasteiger partial charge is 0.390 e. The first-order valence-electron chi connectivity index (χ1n) is 9.89. The number of aliphatic hydroxyl groups excluding tert-OH is 2. The molecule has 0 aliphatic heterocycles. The predicted octanol–water partition coefficient (Wildman–Crippen LogP) is 2.67. The number of rotatable bonds is 0. The highest BCUT2D eigenvalue weighted by Gasteiger charge is 2.68. The third kappa shape index (κ3) is 2.04. The van der Waals surface area contributed by atoms with E-state index in [0.717, 1.165) is 32.1 Å². The van der Waals surface area contributed by atoms with E-state index in [1.807, 2.05) is 6.92 Å². The summed E-state index contributed by atoms with van der Waals surface area (Å²) in [6.45, 7) is 4.26. The minimum Gasteiger partial charge on any atom is -0.390 e. The molecule has 0 spiro atoms. The first-order chi connectivity index (χ1) is 11.7. The Morgan fingerprint density at radius 2 is 1.72 bits per heavy atom. The Morgan fingerprint density at radius 3 is 2.40 bits per heavy atom. The van der Waals surface area contributed by atoms with E-state index in [2.05, 4.69) is 12.8 Å². The van der Waals surface area contributed by atoms with Crippen LogP contribution in [0.2, 0.25) is 0 Å². The van der Waals surface area contributed by atoms with E-state index < -0.39 is 29.4 Å². The highest BCUT2D eigenvalue weighted by molar-refractivity contribution is 5.27. The lowest BCUT2D eigenvalue weighted by Gasteiger charge is -2.61. The summed E-state index contributed by atoms with van der Waals surface area (Å²) in [6, 6.07) is 0. The minimum atomic E-state index is -1.45. The molecule has 0 heterocycles. The second kappa shape index (κ2) is 5.44. The lowest BCUT2D eigenvalue weighted by Crippen LogP contribution is -2.59. The lowest BCUT2D eigenvalue weighted by molar-refractivity contribution is -0.169. The molecule has 3 N–H and O–H groups in total. The van der Waals surface area contributed by atoms with Gasteiger partial charge in [-0.2, -0.15) is 0 Å². The molecule has 4 heteroatoms. The van der Waals surface area contributed by atoms with Gasteiger partial charge in [-0.25, -0.2) is 4.39 Å². The van der Waals surface area contributed by atoms with Crippen LogP contribution in [0, 0.1) is 46.8 Å². The molecule has 0 aromatic rings. The molecule has 25 heavy (non-hydrogen) atoms. The van der Waals surface area contributed by atoms with E-state index in [0.29, 0.717) is 24.7 Å². The van der Waals surface area contributed by atoms with Gasteiger partial charge in [-0.05, 0) is 74.0 Å². The molecular formula is C21H31FO3. The highest BCUT2D eigenvalue weighted by Crippen LogP contribution is 2.68. The predicted molar refractivity (Wildman–Crippen MR) is 93.2 cm³/mol. The smallest absolute Gasteiger partial charge is 0.156 e. The number of aliphatic hydroxyl groups is 3. The Bertz CT molecular complexity index is 602. The van der Waals surface area contributed by atoms with Crippen LogP contribution in [-0.2, 0) is 0 Å². The Morgan fingerprint density at radius 1 is 1.00 bits per heavy atom. The van der Waals surface area contributed by atoms with Crippen molar-refractivity contribution in [1.82, 2.24) is 0 Å². The van der Waals surface area contributed by atoms with Crippen LogP contribution in [0.15, 0.2) is 0 Å². The topological polar surface area (TPSA) is 60.7 Å². The van der Waals surface area contributed by atoms with Crippen molar-refractivity contribution in [2.75, 3.05) is 0 Å². The van der Waals surface area contributed by atoms with E-state index in [9.17, 15) is 19.7 Å². The Hall–Kier alpha value is -0.630. The SMILES string of the molecule is C#C[C@]1(O)[C@H](O)C[C@H]2[C@@H]3CCC4[C@H](F)[C@H](O)CC[C@]4(C)[C@H]3CC[C@@]21C. The van der Waals surface area contributed by atoms with Crippen molar-refractivity contribution >= 4 is 0 Å². The molecule has 4 aliphatic rings. The zero-order valence-corrected chi connectivity index (χ0v) is 15.3. The average molecular weight is 350 g/mol. The monoisotopic (exact) mass is 350 g/mol. The van der Waals surface area contributed by atoms with Crippen LogP contribution in [0.3, 0.4) is 0 Å². The summed E-state index contributed by atoms with van der Waals surface area (Å²) in [7, 11) is 0. The molecule has 4 fully saturated rings. The van der Waals surface area contributed by atoms with Gasteiger partial charge in [0.05, 0.1) is 12.2 Å². The molecule has 0 saturated heterocycles. The Labute approximate surface area is 150 Å². The Kier molecular flexibility index (Phi) is 3.87. The van der Waals surface area contributed by atoms with Crippen LogP contribution < -0.4 is 0 Å². The van der Waals surface area contributed by atoms with Gasteiger partial charge >= 0.3 is 0 Å². The molecule has 10 atom stereocenters. The van der Waals surface area contributed by atoms with Gasteiger partial charge in [0.1, 0.15) is 6.17 Å². The van der Waals surface area contributed by atoms with Crippen LogP contribution in [0.4, 0.5) is 4.39 Å². The fraction of sp³-hybridized carbons (Fsp3) is 0.905. The second-order valence-electron chi connectivity index (χ2n) is 9.74. The summed E-state index contributed by atoms with van der Waals surface area (Å²) >= 11 is 0. The third-order valence-electron chi connectivity index (χ3n) is 9.11. The first kappa shape index (κ1) is 17.8. The standard InChI is InChI=1S/C21H31FO3/c1-4-21(25)17(24)11-15-12-5-6-14-18(22)16(23)8-9-19(14,2)13(12)7-10-20(15,21)3/h1,12-18,23-25H,5-11H2,2-3H3/t12-,13+,14?,15+,16-,17-,18+,19-,20+,21+/m1/s1. The highest BCUT2D eigenvalue weighted by atomic mass is 19.1. The number of hydrogen-bond acceptors (Lipinski definition) is 3. The number of halogens is 1. The van der Waals surface area contributed by atoms with Crippen molar-refractivity contribution in [2.24, 2.45) is 34.5 Å².